The standard InChI is InChI=1S/C29H37ClN6O5.H2S/c1-3-9-35(2)29-33-24(11-27(34-29)32-20-15-39-16-20)25(38)6-5-21(37)14-36-10-8-23-19(13-36)4-7-26(28(23)30)40-17-22-12-31-18-41-22;/h4,7,11-12,18,20-21,37H,3,5-6,8-10,13-17H2,1-2H3,(H,32,33,34);1H2/t21-;/m0./s1. The molecule has 0 radical (unpaired) electrons. The van der Waals surface area contributed by atoms with Crippen LogP contribution in [0.25, 0.3) is 0 Å². The molecule has 1 fully saturated rings. The Hall–Kier alpha value is -2.90. The number of fused-ring (bicyclic) bond motifs is 1. The summed E-state index contributed by atoms with van der Waals surface area (Å²) < 4.78 is 16.3. The minimum atomic E-state index is -0.644. The lowest BCUT2D eigenvalue weighted by atomic mass is 9.98. The van der Waals surface area contributed by atoms with Crippen LogP contribution in [0.5, 0.6) is 5.75 Å². The zero-order valence-electron chi connectivity index (χ0n) is 24.0. The number of aliphatic hydroxyl groups is 1. The zero-order valence-corrected chi connectivity index (χ0v) is 25.8. The highest BCUT2D eigenvalue weighted by molar-refractivity contribution is 7.59. The summed E-state index contributed by atoms with van der Waals surface area (Å²) in [5.74, 6) is 2.26. The van der Waals surface area contributed by atoms with Gasteiger partial charge in [-0.1, -0.05) is 24.6 Å². The molecule has 0 amide bonds. The number of ether oxygens (including phenoxy) is 2. The number of β-amino-alcohol motifs (C(OH)–C–C–N with tert-alkyl or cyclic N) is 1. The van der Waals surface area contributed by atoms with Crippen molar-refractivity contribution < 1.29 is 23.8 Å². The van der Waals surface area contributed by atoms with E-state index in [1.807, 2.05) is 24.1 Å². The number of nitrogens with zero attached hydrogens (tertiary/aromatic N) is 5. The molecule has 4 heterocycles. The summed E-state index contributed by atoms with van der Waals surface area (Å²) in [6.45, 7) is 6.25. The molecule has 0 saturated carbocycles. The third-order valence-corrected chi connectivity index (χ3v) is 7.71. The van der Waals surface area contributed by atoms with E-state index in [2.05, 4.69) is 32.1 Å². The van der Waals surface area contributed by atoms with E-state index in [0.29, 0.717) is 66.7 Å². The first-order valence-electron chi connectivity index (χ1n) is 14.1. The monoisotopic (exact) mass is 618 g/mol. The number of hydrogen-bond acceptors (Lipinski definition) is 11. The molecule has 228 valence electrons. The number of halogens is 1. The summed E-state index contributed by atoms with van der Waals surface area (Å²) in [6, 6.07) is 5.76. The number of aliphatic hydroxyl groups excluding tert-OH is 1. The second-order valence-electron chi connectivity index (χ2n) is 10.6. The van der Waals surface area contributed by atoms with Gasteiger partial charge in [-0.25, -0.2) is 9.97 Å². The van der Waals surface area contributed by atoms with Crippen molar-refractivity contribution in [3.8, 4) is 5.75 Å². The normalized spacial score (nSPS) is 15.7. The number of Topliss-reactive ketones (excluding diaryl/α,β-unsaturated/α-hetero) is 1. The minimum absolute atomic E-state index is 0. The minimum Gasteiger partial charge on any atom is -0.484 e. The Kier molecular flexibility index (Phi) is 11.4. The molecule has 1 saturated heterocycles. The van der Waals surface area contributed by atoms with Crippen molar-refractivity contribution in [3.05, 3.63) is 58.4 Å². The van der Waals surface area contributed by atoms with Crippen LogP contribution in [0.1, 0.15) is 53.6 Å². The van der Waals surface area contributed by atoms with Gasteiger partial charge in [-0.2, -0.15) is 18.5 Å². The van der Waals surface area contributed by atoms with Gasteiger partial charge in [0.2, 0.25) is 5.95 Å². The Morgan fingerprint density at radius 1 is 1.33 bits per heavy atom. The van der Waals surface area contributed by atoms with E-state index in [1.54, 1.807) is 12.3 Å². The first kappa shape index (κ1) is 32.0. The van der Waals surface area contributed by atoms with Gasteiger partial charge >= 0.3 is 0 Å². The number of oxazole rings is 1. The molecule has 0 unspecified atom stereocenters. The summed E-state index contributed by atoms with van der Waals surface area (Å²) in [6.07, 6.45) is 4.57. The maximum absolute atomic E-state index is 13.1. The number of carbonyl (C=O) groups is 1. The molecule has 2 aliphatic heterocycles. The van der Waals surface area contributed by atoms with E-state index in [0.717, 1.165) is 37.1 Å². The second-order valence-corrected chi connectivity index (χ2v) is 11.0. The maximum atomic E-state index is 13.1. The second kappa shape index (κ2) is 15.0. The van der Waals surface area contributed by atoms with Gasteiger partial charge in [0.05, 0.1) is 36.6 Å². The quantitative estimate of drug-likeness (QED) is 0.256. The number of anilines is 2. The van der Waals surface area contributed by atoms with Crippen molar-refractivity contribution in [2.75, 3.05) is 50.1 Å². The summed E-state index contributed by atoms with van der Waals surface area (Å²) >= 11 is 6.66. The first-order valence-corrected chi connectivity index (χ1v) is 14.5. The number of ketones is 1. The van der Waals surface area contributed by atoms with E-state index in [9.17, 15) is 9.90 Å². The Morgan fingerprint density at radius 2 is 2.17 bits per heavy atom. The van der Waals surface area contributed by atoms with E-state index in [4.69, 9.17) is 25.5 Å². The third kappa shape index (κ3) is 8.13. The average Bonchev–Trinajstić information content (AvgIpc) is 3.47. The lowest BCUT2D eigenvalue weighted by Crippen LogP contribution is -2.40. The molecule has 5 rings (SSSR count). The molecule has 2 N–H and O–H groups in total. The smallest absolute Gasteiger partial charge is 0.227 e. The van der Waals surface area contributed by atoms with Gasteiger partial charge in [-0.15, -0.1) is 0 Å². The van der Waals surface area contributed by atoms with Gasteiger partial charge in [0.25, 0.3) is 0 Å². The number of aromatic nitrogens is 3. The van der Waals surface area contributed by atoms with Crippen molar-refractivity contribution in [2.24, 2.45) is 0 Å². The topological polar surface area (TPSA) is 126 Å². The summed E-state index contributed by atoms with van der Waals surface area (Å²) in [7, 11) is 1.92. The van der Waals surface area contributed by atoms with Crippen LogP contribution in [0.3, 0.4) is 0 Å². The van der Waals surface area contributed by atoms with Crippen LogP contribution in [-0.2, 0) is 24.3 Å². The number of benzene rings is 1. The molecule has 1 aromatic carbocycles. The summed E-state index contributed by atoms with van der Waals surface area (Å²) in [4.78, 5) is 30.3. The number of hydrogen-bond donors (Lipinski definition) is 2. The molecule has 0 aliphatic carbocycles. The highest BCUT2D eigenvalue weighted by Gasteiger charge is 2.24. The van der Waals surface area contributed by atoms with Gasteiger partial charge in [0, 0.05) is 45.7 Å². The first-order chi connectivity index (χ1) is 19.9. The summed E-state index contributed by atoms with van der Waals surface area (Å²) in [5.41, 5.74) is 2.53. The SMILES string of the molecule is CCCN(C)c1nc(NC2COC2)cc(C(=O)CC[C@H](O)CN2CCc3c(ccc(OCc4cnco4)c3Cl)C2)n1.S. The van der Waals surface area contributed by atoms with Crippen molar-refractivity contribution in [1.29, 1.82) is 0 Å². The van der Waals surface area contributed by atoms with E-state index in [-0.39, 0.29) is 38.3 Å². The molecule has 2 aliphatic rings. The van der Waals surface area contributed by atoms with E-state index >= 15 is 0 Å². The Morgan fingerprint density at radius 3 is 2.88 bits per heavy atom. The molecule has 1 atom stereocenters. The molecular formula is C29H39ClN6O5S. The van der Waals surface area contributed by atoms with Crippen LogP contribution in [-0.4, -0.2) is 82.8 Å². The highest BCUT2D eigenvalue weighted by atomic mass is 35.5. The largest absolute Gasteiger partial charge is 0.484 e. The number of carbonyl (C=O) groups excluding carboxylic acids is 1. The zero-order chi connectivity index (χ0) is 28.8. The van der Waals surface area contributed by atoms with Crippen LogP contribution >= 0.6 is 25.1 Å². The van der Waals surface area contributed by atoms with Crippen molar-refractivity contribution in [3.63, 3.8) is 0 Å². The summed E-state index contributed by atoms with van der Waals surface area (Å²) in [5, 5.41) is 14.7. The predicted octanol–water partition coefficient (Wildman–Crippen LogP) is 3.85. The number of nitrogens with one attached hydrogen (secondary N) is 1. The molecule has 11 nitrogen and oxygen atoms in total. The molecule has 2 aromatic heterocycles. The fourth-order valence-electron chi connectivity index (χ4n) is 4.98. The van der Waals surface area contributed by atoms with Gasteiger partial charge in [0.15, 0.2) is 17.9 Å². The molecule has 0 bridgehead atoms. The van der Waals surface area contributed by atoms with Crippen LogP contribution < -0.4 is 15.0 Å². The van der Waals surface area contributed by atoms with Gasteiger partial charge < -0.3 is 29.2 Å². The number of rotatable bonds is 14. The molecule has 3 aromatic rings. The van der Waals surface area contributed by atoms with Crippen molar-refractivity contribution >= 4 is 42.6 Å². The van der Waals surface area contributed by atoms with E-state index < -0.39 is 6.10 Å². The lowest BCUT2D eigenvalue weighted by molar-refractivity contribution is 0.0209. The van der Waals surface area contributed by atoms with Crippen LogP contribution in [0.2, 0.25) is 5.02 Å². The highest BCUT2D eigenvalue weighted by Crippen LogP contribution is 2.34. The van der Waals surface area contributed by atoms with Crippen molar-refractivity contribution in [2.45, 2.75) is 57.9 Å². The fourth-order valence-corrected chi connectivity index (χ4v) is 5.31. The average molecular weight is 619 g/mol. The van der Waals surface area contributed by atoms with Crippen molar-refractivity contribution in [1.82, 2.24) is 19.9 Å². The fraction of sp³-hybridized carbons (Fsp3) is 0.517. The lowest BCUT2D eigenvalue weighted by Gasteiger charge is -2.31. The molecular weight excluding hydrogens is 580 g/mol. The maximum Gasteiger partial charge on any atom is 0.227 e. The van der Waals surface area contributed by atoms with Gasteiger partial charge in [-0.05, 0) is 36.5 Å². The van der Waals surface area contributed by atoms with Crippen LogP contribution in [0.4, 0.5) is 11.8 Å². The van der Waals surface area contributed by atoms with Gasteiger partial charge in [0.1, 0.15) is 23.9 Å². The molecule has 13 heteroatoms. The Labute approximate surface area is 258 Å². The molecule has 0 spiro atoms. The van der Waals surface area contributed by atoms with Gasteiger partial charge in [-0.3, -0.25) is 9.69 Å². The Bertz CT molecular complexity index is 1330. The molecule has 42 heavy (non-hydrogen) atoms. The van der Waals surface area contributed by atoms with Crippen LogP contribution in [0.15, 0.2) is 35.2 Å². The third-order valence-electron chi connectivity index (χ3n) is 7.29. The predicted molar refractivity (Wildman–Crippen MR) is 165 cm³/mol. The Balaban J connectivity index is 0.00000405. The van der Waals surface area contributed by atoms with E-state index in [1.165, 1.54) is 6.39 Å². The van der Waals surface area contributed by atoms with Crippen LogP contribution in [0, 0.1) is 0 Å².